The van der Waals surface area contributed by atoms with Gasteiger partial charge in [0.15, 0.2) is 5.96 Å². The quantitative estimate of drug-likeness (QED) is 0.724. The topological polar surface area (TPSA) is 85.3 Å². The molecule has 2 atom stereocenters. The fourth-order valence-electron chi connectivity index (χ4n) is 3.62. The molecule has 1 fully saturated rings. The largest absolute Gasteiger partial charge is 0.351 e. The monoisotopic (exact) mass is 392 g/mol. The van der Waals surface area contributed by atoms with E-state index < -0.39 is 5.54 Å². The van der Waals surface area contributed by atoms with Gasteiger partial charge in [-0.05, 0) is 51.0 Å². The number of guanidine groups is 1. The van der Waals surface area contributed by atoms with E-state index in [-0.39, 0.29) is 29.9 Å². The average molecular weight is 393 g/mol. The van der Waals surface area contributed by atoms with Gasteiger partial charge < -0.3 is 10.6 Å². The van der Waals surface area contributed by atoms with Crippen molar-refractivity contribution < 1.29 is 9.59 Å². The summed E-state index contributed by atoms with van der Waals surface area (Å²) in [6.07, 6.45) is 0.314. The predicted molar refractivity (Wildman–Crippen MR) is 114 cm³/mol. The Morgan fingerprint density at radius 2 is 1.76 bits per heavy atom. The number of rotatable bonds is 5. The first kappa shape index (κ1) is 20.6. The zero-order valence-corrected chi connectivity index (χ0v) is 17.3. The first-order valence-corrected chi connectivity index (χ1v) is 9.82. The van der Waals surface area contributed by atoms with E-state index in [9.17, 15) is 9.59 Å². The average Bonchev–Trinajstić information content (AvgIpc) is 2.67. The summed E-state index contributed by atoms with van der Waals surface area (Å²) in [5.74, 6) is -0.181. The van der Waals surface area contributed by atoms with Crippen LogP contribution in [0.15, 0.2) is 54.6 Å². The molecule has 2 aromatic carbocycles. The van der Waals surface area contributed by atoms with Gasteiger partial charge in [0.05, 0.1) is 12.1 Å². The molecule has 1 unspecified atom stereocenters. The third kappa shape index (κ3) is 4.65. The van der Waals surface area contributed by atoms with Crippen molar-refractivity contribution >= 4 is 17.8 Å². The third-order valence-corrected chi connectivity index (χ3v) is 5.23. The summed E-state index contributed by atoms with van der Waals surface area (Å²) < 4.78 is 0. The Balaban J connectivity index is 1.76. The smallest absolute Gasteiger partial charge is 0.251 e. The number of amides is 2. The van der Waals surface area contributed by atoms with Crippen LogP contribution in [0, 0.1) is 5.41 Å². The molecule has 1 saturated heterocycles. The maximum absolute atomic E-state index is 12.7. The van der Waals surface area contributed by atoms with Crippen molar-refractivity contribution in [2.24, 2.45) is 0 Å². The molecule has 1 heterocycles. The van der Waals surface area contributed by atoms with Crippen LogP contribution < -0.4 is 10.6 Å². The summed E-state index contributed by atoms with van der Waals surface area (Å²) in [5.41, 5.74) is 1.94. The van der Waals surface area contributed by atoms with Crippen LogP contribution in [-0.2, 0) is 4.79 Å². The molecule has 1 aliphatic rings. The second-order valence-corrected chi connectivity index (χ2v) is 8.21. The van der Waals surface area contributed by atoms with Crippen molar-refractivity contribution in [3.8, 4) is 0 Å². The van der Waals surface area contributed by atoms with Crippen LogP contribution in [0.2, 0.25) is 0 Å². The molecule has 0 aliphatic carbocycles. The number of hydrogen-bond acceptors (Lipinski definition) is 3. The normalized spacial score (nSPS) is 18.0. The lowest BCUT2D eigenvalue weighted by Gasteiger charge is -2.41. The molecule has 6 heteroatoms. The SMILES string of the molecule is CC(c1cccc(C(=O)N[C@@H](C)c2ccccc2)c1)N1C(=N)NC(C)(C)CC1=O. The van der Waals surface area contributed by atoms with Gasteiger partial charge in [-0.2, -0.15) is 0 Å². The lowest BCUT2D eigenvalue weighted by atomic mass is 9.95. The molecule has 0 bridgehead atoms. The van der Waals surface area contributed by atoms with Crippen LogP contribution >= 0.6 is 0 Å². The van der Waals surface area contributed by atoms with Crippen molar-refractivity contribution in [1.82, 2.24) is 15.5 Å². The van der Waals surface area contributed by atoms with Crippen LogP contribution in [-0.4, -0.2) is 28.2 Å². The second-order valence-electron chi connectivity index (χ2n) is 8.21. The minimum atomic E-state index is -0.431. The van der Waals surface area contributed by atoms with Gasteiger partial charge in [-0.25, -0.2) is 0 Å². The standard InChI is InChI=1S/C23H28N4O2/c1-15(17-9-6-5-7-10-17)25-21(29)19-12-8-11-18(13-19)16(2)27-20(28)14-23(3,4)26-22(27)24/h5-13,15-16H,14H2,1-4H3,(H2,24,26)(H,25,29)/t15-,16?/m0/s1. The Hall–Kier alpha value is -3.15. The Bertz CT molecular complexity index is 903. The molecule has 152 valence electrons. The fourth-order valence-corrected chi connectivity index (χ4v) is 3.62. The highest BCUT2D eigenvalue weighted by Crippen LogP contribution is 2.27. The van der Waals surface area contributed by atoms with Gasteiger partial charge in [-0.15, -0.1) is 0 Å². The third-order valence-electron chi connectivity index (χ3n) is 5.23. The lowest BCUT2D eigenvalue weighted by Crippen LogP contribution is -2.60. The van der Waals surface area contributed by atoms with E-state index in [1.807, 2.05) is 70.2 Å². The van der Waals surface area contributed by atoms with Crippen LogP contribution in [0.3, 0.4) is 0 Å². The summed E-state index contributed by atoms with van der Waals surface area (Å²) in [6.45, 7) is 7.62. The molecule has 6 nitrogen and oxygen atoms in total. The van der Waals surface area contributed by atoms with Crippen molar-refractivity contribution in [2.75, 3.05) is 0 Å². The van der Waals surface area contributed by atoms with E-state index in [2.05, 4.69) is 10.6 Å². The van der Waals surface area contributed by atoms with Crippen molar-refractivity contribution in [1.29, 1.82) is 5.41 Å². The molecule has 2 amide bonds. The predicted octanol–water partition coefficient (Wildman–Crippen LogP) is 3.77. The minimum Gasteiger partial charge on any atom is -0.351 e. The number of nitrogens with one attached hydrogen (secondary N) is 3. The summed E-state index contributed by atoms with van der Waals surface area (Å²) in [4.78, 5) is 26.8. The highest BCUT2D eigenvalue weighted by molar-refractivity contribution is 5.99. The summed E-state index contributed by atoms with van der Waals surface area (Å²) in [5, 5.41) is 14.3. The summed E-state index contributed by atoms with van der Waals surface area (Å²) in [7, 11) is 0. The Morgan fingerprint density at radius 1 is 1.10 bits per heavy atom. The van der Waals surface area contributed by atoms with E-state index >= 15 is 0 Å². The van der Waals surface area contributed by atoms with E-state index in [1.165, 1.54) is 4.90 Å². The maximum atomic E-state index is 12.7. The van der Waals surface area contributed by atoms with Gasteiger partial charge in [-0.1, -0.05) is 42.5 Å². The van der Waals surface area contributed by atoms with Gasteiger partial charge in [0.25, 0.3) is 5.91 Å². The molecular formula is C23H28N4O2. The number of hydrogen-bond donors (Lipinski definition) is 3. The van der Waals surface area contributed by atoms with Gasteiger partial charge in [0.1, 0.15) is 0 Å². The van der Waals surface area contributed by atoms with E-state index in [0.29, 0.717) is 12.0 Å². The van der Waals surface area contributed by atoms with Crippen molar-refractivity contribution in [3.05, 3.63) is 71.3 Å². The van der Waals surface area contributed by atoms with Gasteiger partial charge in [0.2, 0.25) is 5.91 Å². The molecule has 1 aliphatic heterocycles. The van der Waals surface area contributed by atoms with Gasteiger partial charge >= 0.3 is 0 Å². The highest BCUT2D eigenvalue weighted by atomic mass is 16.2. The number of carbonyl (C=O) groups is 2. The lowest BCUT2D eigenvalue weighted by molar-refractivity contribution is -0.131. The van der Waals surface area contributed by atoms with E-state index in [1.54, 1.807) is 12.1 Å². The van der Waals surface area contributed by atoms with Gasteiger partial charge in [0, 0.05) is 17.5 Å². The van der Waals surface area contributed by atoms with Crippen LogP contribution in [0.4, 0.5) is 0 Å². The Kier molecular flexibility index (Phi) is 5.73. The molecule has 3 rings (SSSR count). The first-order chi connectivity index (χ1) is 13.7. The molecule has 0 spiro atoms. The van der Waals surface area contributed by atoms with Crippen molar-refractivity contribution in [3.63, 3.8) is 0 Å². The van der Waals surface area contributed by atoms with Crippen molar-refractivity contribution in [2.45, 2.75) is 51.7 Å². The molecule has 29 heavy (non-hydrogen) atoms. The molecule has 0 radical (unpaired) electrons. The molecular weight excluding hydrogens is 364 g/mol. The zero-order chi connectivity index (χ0) is 21.2. The van der Waals surface area contributed by atoms with Crippen LogP contribution in [0.25, 0.3) is 0 Å². The summed E-state index contributed by atoms with van der Waals surface area (Å²) in [6, 6.07) is 16.6. The Labute approximate surface area is 171 Å². The molecule has 2 aromatic rings. The van der Waals surface area contributed by atoms with Gasteiger partial charge in [-0.3, -0.25) is 19.9 Å². The van der Waals surface area contributed by atoms with E-state index in [0.717, 1.165) is 11.1 Å². The summed E-state index contributed by atoms with van der Waals surface area (Å²) >= 11 is 0. The zero-order valence-electron chi connectivity index (χ0n) is 17.3. The van der Waals surface area contributed by atoms with Crippen LogP contribution in [0.5, 0.6) is 0 Å². The maximum Gasteiger partial charge on any atom is 0.251 e. The molecule has 3 N–H and O–H groups in total. The molecule has 0 saturated carbocycles. The Morgan fingerprint density at radius 3 is 2.41 bits per heavy atom. The highest BCUT2D eigenvalue weighted by Gasteiger charge is 2.37. The number of carbonyl (C=O) groups excluding carboxylic acids is 2. The molecule has 0 aromatic heterocycles. The van der Waals surface area contributed by atoms with Crippen LogP contribution in [0.1, 0.15) is 67.7 Å². The second kappa shape index (κ2) is 8.07. The first-order valence-electron chi connectivity index (χ1n) is 9.82. The fraction of sp³-hybridized carbons (Fsp3) is 0.348. The number of nitrogens with zero attached hydrogens (tertiary/aromatic N) is 1. The van der Waals surface area contributed by atoms with E-state index in [4.69, 9.17) is 5.41 Å². The minimum absolute atomic E-state index is 0.0892. The number of benzene rings is 2.